The van der Waals surface area contributed by atoms with E-state index in [-0.39, 0.29) is 23.5 Å². The number of hydrogen-bond acceptors (Lipinski definition) is 4. The van der Waals surface area contributed by atoms with Crippen molar-refractivity contribution < 1.29 is 17.9 Å². The summed E-state index contributed by atoms with van der Waals surface area (Å²) in [5, 5.41) is 2.80. The van der Waals surface area contributed by atoms with E-state index in [4.69, 9.17) is 4.74 Å². The Morgan fingerprint density at radius 2 is 1.66 bits per heavy atom. The average Bonchev–Trinajstić information content (AvgIpc) is 2.72. The van der Waals surface area contributed by atoms with Crippen molar-refractivity contribution in [1.29, 1.82) is 0 Å². The fourth-order valence-electron chi connectivity index (χ4n) is 3.33. The Morgan fingerprint density at radius 1 is 1.00 bits per heavy atom. The Morgan fingerprint density at radius 3 is 2.31 bits per heavy atom. The van der Waals surface area contributed by atoms with E-state index < -0.39 is 10.0 Å². The summed E-state index contributed by atoms with van der Waals surface area (Å²) in [7, 11) is -3.54. The lowest BCUT2D eigenvalue weighted by atomic mass is 9.96. The molecule has 7 heteroatoms. The number of hydrogen-bond donors (Lipinski definition) is 2. The summed E-state index contributed by atoms with van der Waals surface area (Å²) < 4.78 is 33.3. The molecule has 1 amide bonds. The number of nitrogens with one attached hydrogen (secondary N) is 2. The minimum absolute atomic E-state index is 0.0156. The first-order valence-corrected chi connectivity index (χ1v) is 11.5. The lowest BCUT2D eigenvalue weighted by Crippen LogP contribution is -2.36. The zero-order chi connectivity index (χ0) is 20.7. The van der Waals surface area contributed by atoms with Gasteiger partial charge in [-0.25, -0.2) is 13.1 Å². The van der Waals surface area contributed by atoms with E-state index in [9.17, 15) is 13.2 Å². The second kappa shape index (κ2) is 9.89. The summed E-state index contributed by atoms with van der Waals surface area (Å²) in [4.78, 5) is 12.2. The highest BCUT2D eigenvalue weighted by Gasteiger charge is 2.21. The van der Waals surface area contributed by atoms with Gasteiger partial charge in [-0.15, -0.1) is 0 Å². The van der Waals surface area contributed by atoms with Crippen molar-refractivity contribution in [2.45, 2.75) is 56.5 Å². The number of ether oxygens (including phenoxy) is 1. The molecule has 1 saturated carbocycles. The number of aryl methyl sites for hydroxylation is 1. The SMILES string of the molecule is Cc1ccc(CNC(=O)COc2ccc(S(=O)(=O)NC3CCCCC3)cc2)cc1. The average molecular weight is 417 g/mol. The molecule has 0 atom stereocenters. The molecule has 0 heterocycles. The Hall–Kier alpha value is -2.38. The minimum atomic E-state index is -3.54. The van der Waals surface area contributed by atoms with Crippen LogP contribution in [0.1, 0.15) is 43.2 Å². The topological polar surface area (TPSA) is 84.5 Å². The number of sulfonamides is 1. The molecule has 0 aromatic heterocycles. The van der Waals surface area contributed by atoms with E-state index in [1.54, 1.807) is 12.1 Å². The first-order chi connectivity index (χ1) is 13.9. The Bertz CT molecular complexity index is 903. The van der Waals surface area contributed by atoms with Gasteiger partial charge in [-0.05, 0) is 49.6 Å². The van der Waals surface area contributed by atoms with Crippen molar-refractivity contribution in [3.63, 3.8) is 0 Å². The molecular formula is C22H28N2O4S. The standard InChI is InChI=1S/C22H28N2O4S/c1-17-7-9-18(10-8-17)15-23-22(25)16-28-20-11-13-21(14-12-20)29(26,27)24-19-5-3-2-4-6-19/h7-14,19,24H,2-6,15-16H2,1H3,(H,23,25). The number of amides is 1. The summed E-state index contributed by atoms with van der Waals surface area (Å²) in [5.41, 5.74) is 2.19. The summed E-state index contributed by atoms with van der Waals surface area (Å²) in [6, 6.07) is 14.1. The molecule has 2 aromatic rings. The monoisotopic (exact) mass is 416 g/mol. The normalized spacial score (nSPS) is 15.1. The van der Waals surface area contributed by atoms with Crippen LogP contribution in [0.4, 0.5) is 0 Å². The maximum atomic E-state index is 12.5. The van der Waals surface area contributed by atoms with Gasteiger partial charge in [-0.3, -0.25) is 4.79 Å². The van der Waals surface area contributed by atoms with Crippen LogP contribution in [0.15, 0.2) is 53.4 Å². The van der Waals surface area contributed by atoms with Crippen LogP contribution in [-0.4, -0.2) is 27.0 Å². The maximum Gasteiger partial charge on any atom is 0.258 e. The highest BCUT2D eigenvalue weighted by molar-refractivity contribution is 7.89. The predicted molar refractivity (Wildman–Crippen MR) is 112 cm³/mol. The minimum Gasteiger partial charge on any atom is -0.484 e. The van der Waals surface area contributed by atoms with Gasteiger partial charge in [0, 0.05) is 12.6 Å². The van der Waals surface area contributed by atoms with Crippen molar-refractivity contribution in [1.82, 2.24) is 10.0 Å². The molecule has 2 aromatic carbocycles. The zero-order valence-electron chi connectivity index (χ0n) is 16.7. The van der Waals surface area contributed by atoms with Gasteiger partial charge in [0.05, 0.1) is 4.90 Å². The molecule has 1 aliphatic rings. The predicted octanol–water partition coefficient (Wildman–Crippen LogP) is 3.30. The molecule has 3 rings (SSSR count). The van der Waals surface area contributed by atoms with Crippen LogP contribution in [-0.2, 0) is 21.4 Å². The number of carbonyl (C=O) groups excluding carboxylic acids is 1. The second-order valence-corrected chi connectivity index (χ2v) is 9.19. The molecule has 0 bridgehead atoms. The van der Waals surface area contributed by atoms with Gasteiger partial charge in [0.25, 0.3) is 5.91 Å². The van der Waals surface area contributed by atoms with E-state index in [1.807, 2.05) is 31.2 Å². The Balaban J connectivity index is 1.47. The van der Waals surface area contributed by atoms with Gasteiger partial charge >= 0.3 is 0 Å². The van der Waals surface area contributed by atoms with Crippen LogP contribution < -0.4 is 14.8 Å². The van der Waals surface area contributed by atoms with E-state index in [0.717, 1.165) is 31.2 Å². The highest BCUT2D eigenvalue weighted by Crippen LogP contribution is 2.21. The summed E-state index contributed by atoms with van der Waals surface area (Å²) in [5.74, 6) is 0.216. The molecule has 0 radical (unpaired) electrons. The van der Waals surface area contributed by atoms with Gasteiger partial charge in [0.1, 0.15) is 5.75 Å². The fraction of sp³-hybridized carbons (Fsp3) is 0.409. The number of rotatable bonds is 8. The molecule has 0 saturated heterocycles. The van der Waals surface area contributed by atoms with Crippen molar-refractivity contribution in [3.05, 3.63) is 59.7 Å². The maximum absolute atomic E-state index is 12.5. The molecule has 2 N–H and O–H groups in total. The summed E-state index contributed by atoms with van der Waals surface area (Å²) >= 11 is 0. The third-order valence-electron chi connectivity index (χ3n) is 5.04. The third-order valence-corrected chi connectivity index (χ3v) is 6.58. The molecule has 6 nitrogen and oxygen atoms in total. The Kier molecular flexibility index (Phi) is 7.28. The highest BCUT2D eigenvalue weighted by atomic mass is 32.2. The van der Waals surface area contributed by atoms with Crippen LogP contribution in [0, 0.1) is 6.92 Å². The first kappa shape index (κ1) is 21.3. The third kappa shape index (κ3) is 6.58. The van der Waals surface area contributed by atoms with Crippen molar-refractivity contribution in [3.8, 4) is 5.75 Å². The van der Waals surface area contributed by atoms with Crippen LogP contribution >= 0.6 is 0 Å². The van der Waals surface area contributed by atoms with Gasteiger partial charge in [0.2, 0.25) is 10.0 Å². The van der Waals surface area contributed by atoms with Crippen molar-refractivity contribution in [2.75, 3.05) is 6.61 Å². The largest absolute Gasteiger partial charge is 0.484 e. The van der Waals surface area contributed by atoms with E-state index >= 15 is 0 Å². The molecule has 1 fully saturated rings. The summed E-state index contributed by atoms with van der Waals surface area (Å²) in [6.45, 7) is 2.32. The van der Waals surface area contributed by atoms with Gasteiger partial charge in [0.15, 0.2) is 6.61 Å². The second-order valence-electron chi connectivity index (χ2n) is 7.48. The summed E-state index contributed by atoms with van der Waals surface area (Å²) in [6.07, 6.45) is 5.07. The first-order valence-electron chi connectivity index (χ1n) is 10.00. The van der Waals surface area contributed by atoms with Gasteiger partial charge < -0.3 is 10.1 Å². The quantitative estimate of drug-likeness (QED) is 0.692. The van der Waals surface area contributed by atoms with Gasteiger partial charge in [-0.1, -0.05) is 49.1 Å². The van der Waals surface area contributed by atoms with E-state index in [0.29, 0.717) is 12.3 Å². The lowest BCUT2D eigenvalue weighted by molar-refractivity contribution is -0.123. The smallest absolute Gasteiger partial charge is 0.258 e. The van der Waals surface area contributed by atoms with E-state index in [1.165, 1.54) is 24.1 Å². The number of carbonyl (C=O) groups is 1. The van der Waals surface area contributed by atoms with Crippen molar-refractivity contribution >= 4 is 15.9 Å². The Labute approximate surface area is 172 Å². The molecule has 0 spiro atoms. The molecule has 29 heavy (non-hydrogen) atoms. The molecule has 1 aliphatic carbocycles. The van der Waals surface area contributed by atoms with E-state index in [2.05, 4.69) is 10.0 Å². The van der Waals surface area contributed by atoms with Crippen LogP contribution in [0.2, 0.25) is 0 Å². The van der Waals surface area contributed by atoms with Crippen LogP contribution in [0.5, 0.6) is 5.75 Å². The van der Waals surface area contributed by atoms with Gasteiger partial charge in [-0.2, -0.15) is 0 Å². The zero-order valence-corrected chi connectivity index (χ0v) is 17.5. The number of benzene rings is 2. The van der Waals surface area contributed by atoms with Crippen molar-refractivity contribution in [2.24, 2.45) is 0 Å². The molecule has 156 valence electrons. The lowest BCUT2D eigenvalue weighted by Gasteiger charge is -2.22. The van der Waals surface area contributed by atoms with Crippen LogP contribution in [0.25, 0.3) is 0 Å². The van der Waals surface area contributed by atoms with Crippen LogP contribution in [0.3, 0.4) is 0 Å². The molecular weight excluding hydrogens is 388 g/mol. The fourth-order valence-corrected chi connectivity index (χ4v) is 4.63. The molecule has 0 unspecified atom stereocenters. The molecule has 0 aliphatic heterocycles.